The summed E-state index contributed by atoms with van der Waals surface area (Å²) in [5, 5.41) is 0. The van der Waals surface area contributed by atoms with E-state index >= 15 is 0 Å². The van der Waals surface area contributed by atoms with Gasteiger partial charge in [-0.05, 0) is 32.1 Å². The van der Waals surface area contributed by atoms with E-state index in [1.807, 2.05) is 6.92 Å². The van der Waals surface area contributed by atoms with Gasteiger partial charge in [-0.3, -0.25) is 11.3 Å². The number of hydrogen-bond donors (Lipinski definition) is 2. The zero-order valence-corrected chi connectivity index (χ0v) is 12.0. The van der Waals surface area contributed by atoms with Crippen molar-refractivity contribution < 1.29 is 4.74 Å². The lowest BCUT2D eigenvalue weighted by molar-refractivity contribution is 0.139. The van der Waals surface area contributed by atoms with E-state index in [1.165, 1.54) is 32.1 Å². The maximum absolute atomic E-state index is 5.63. The van der Waals surface area contributed by atoms with Crippen LogP contribution in [0.1, 0.15) is 65.7 Å². The third kappa shape index (κ3) is 9.57. The molecule has 0 aromatic heterocycles. The predicted molar refractivity (Wildman–Crippen MR) is 74.8 cm³/mol. The van der Waals surface area contributed by atoms with E-state index < -0.39 is 0 Å². The van der Waals surface area contributed by atoms with Gasteiger partial charge in [0.15, 0.2) is 0 Å². The van der Waals surface area contributed by atoms with Crippen molar-refractivity contribution >= 4 is 0 Å². The van der Waals surface area contributed by atoms with Crippen LogP contribution in [0.15, 0.2) is 0 Å². The van der Waals surface area contributed by atoms with E-state index in [4.69, 9.17) is 10.6 Å². The molecule has 0 fully saturated rings. The van der Waals surface area contributed by atoms with Gasteiger partial charge in [-0.1, -0.05) is 39.5 Å². The highest BCUT2D eigenvalue weighted by Gasteiger charge is 2.13. The fourth-order valence-electron chi connectivity index (χ4n) is 2.23. The van der Waals surface area contributed by atoms with Crippen LogP contribution in [0.5, 0.6) is 0 Å². The highest BCUT2D eigenvalue weighted by molar-refractivity contribution is 4.69. The zero-order chi connectivity index (χ0) is 12.9. The summed E-state index contributed by atoms with van der Waals surface area (Å²) in [7, 11) is 0. The number of unbranched alkanes of at least 4 members (excludes halogenated alkanes) is 1. The summed E-state index contributed by atoms with van der Waals surface area (Å²) in [4.78, 5) is 0. The normalized spacial score (nSPS) is 14.8. The lowest BCUT2D eigenvalue weighted by atomic mass is 9.91. The first-order valence-corrected chi connectivity index (χ1v) is 7.32. The Morgan fingerprint density at radius 3 is 2.41 bits per heavy atom. The highest BCUT2D eigenvalue weighted by atomic mass is 16.5. The Morgan fingerprint density at radius 2 is 1.88 bits per heavy atom. The standard InChI is InChI=1S/C14H32N2O/c1-4-7-9-13(5-2)12-14(16-15)10-8-11-17-6-3/h13-14,16H,4-12,15H2,1-3H3. The number of rotatable bonds is 12. The second kappa shape index (κ2) is 12.3. The molecule has 17 heavy (non-hydrogen) atoms. The molecule has 0 rings (SSSR count). The Morgan fingerprint density at radius 1 is 1.12 bits per heavy atom. The van der Waals surface area contributed by atoms with Gasteiger partial charge in [0.1, 0.15) is 0 Å². The molecule has 0 heterocycles. The summed E-state index contributed by atoms with van der Waals surface area (Å²) in [6, 6.07) is 0.456. The molecule has 2 unspecified atom stereocenters. The number of hydrazine groups is 1. The molecule has 2 atom stereocenters. The van der Waals surface area contributed by atoms with Crippen LogP contribution in [-0.4, -0.2) is 19.3 Å². The van der Waals surface area contributed by atoms with Crippen LogP contribution in [0.3, 0.4) is 0 Å². The summed E-state index contributed by atoms with van der Waals surface area (Å²) < 4.78 is 5.36. The van der Waals surface area contributed by atoms with E-state index in [2.05, 4.69) is 19.3 Å². The van der Waals surface area contributed by atoms with Gasteiger partial charge < -0.3 is 4.74 Å². The summed E-state index contributed by atoms with van der Waals surface area (Å²) in [6.45, 7) is 8.26. The Hall–Kier alpha value is -0.120. The summed E-state index contributed by atoms with van der Waals surface area (Å²) in [5.74, 6) is 6.45. The van der Waals surface area contributed by atoms with E-state index in [-0.39, 0.29) is 0 Å². The van der Waals surface area contributed by atoms with Crippen molar-refractivity contribution in [1.29, 1.82) is 0 Å². The molecule has 0 aliphatic heterocycles. The van der Waals surface area contributed by atoms with Crippen LogP contribution in [0.25, 0.3) is 0 Å². The first-order chi connectivity index (χ1) is 8.28. The second-order valence-corrected chi connectivity index (χ2v) is 4.85. The molecule has 0 saturated heterocycles. The van der Waals surface area contributed by atoms with Gasteiger partial charge in [0.25, 0.3) is 0 Å². The molecule has 104 valence electrons. The minimum absolute atomic E-state index is 0.456. The van der Waals surface area contributed by atoms with Crippen LogP contribution < -0.4 is 11.3 Å². The quantitative estimate of drug-likeness (QED) is 0.315. The molecule has 3 N–H and O–H groups in total. The number of nitrogens with two attached hydrogens (primary N) is 1. The minimum atomic E-state index is 0.456. The topological polar surface area (TPSA) is 47.3 Å². The fraction of sp³-hybridized carbons (Fsp3) is 1.00. The molecule has 0 amide bonds. The Bertz CT molecular complexity index is 153. The minimum Gasteiger partial charge on any atom is -0.382 e. The van der Waals surface area contributed by atoms with Crippen LogP contribution in [0, 0.1) is 5.92 Å². The van der Waals surface area contributed by atoms with Crippen LogP contribution >= 0.6 is 0 Å². The average molecular weight is 244 g/mol. The SMILES string of the molecule is CCCCC(CC)CC(CCCOCC)NN. The largest absolute Gasteiger partial charge is 0.382 e. The van der Waals surface area contributed by atoms with Crippen molar-refractivity contribution in [3.63, 3.8) is 0 Å². The third-order valence-electron chi connectivity index (χ3n) is 3.44. The Kier molecular flexibility index (Phi) is 12.3. The molecule has 0 aliphatic rings. The number of hydrogen-bond acceptors (Lipinski definition) is 3. The van der Waals surface area contributed by atoms with Crippen molar-refractivity contribution in [2.24, 2.45) is 11.8 Å². The van der Waals surface area contributed by atoms with Gasteiger partial charge in [0.2, 0.25) is 0 Å². The van der Waals surface area contributed by atoms with Gasteiger partial charge in [-0.15, -0.1) is 0 Å². The highest BCUT2D eigenvalue weighted by Crippen LogP contribution is 2.20. The molecular weight excluding hydrogens is 212 g/mol. The van der Waals surface area contributed by atoms with E-state index in [9.17, 15) is 0 Å². The van der Waals surface area contributed by atoms with E-state index in [0.29, 0.717) is 6.04 Å². The van der Waals surface area contributed by atoms with E-state index in [0.717, 1.165) is 32.0 Å². The molecule has 0 aromatic rings. The van der Waals surface area contributed by atoms with Gasteiger partial charge in [0, 0.05) is 19.3 Å². The first kappa shape index (κ1) is 16.9. The second-order valence-electron chi connectivity index (χ2n) is 4.85. The maximum Gasteiger partial charge on any atom is 0.0466 e. The molecule has 0 radical (unpaired) electrons. The zero-order valence-electron chi connectivity index (χ0n) is 12.0. The molecule has 0 bridgehead atoms. The lowest BCUT2D eigenvalue weighted by Crippen LogP contribution is -2.36. The van der Waals surface area contributed by atoms with Gasteiger partial charge in [-0.2, -0.15) is 0 Å². The van der Waals surface area contributed by atoms with Crippen LogP contribution in [0.2, 0.25) is 0 Å². The van der Waals surface area contributed by atoms with Gasteiger partial charge in [-0.25, -0.2) is 0 Å². The molecule has 0 spiro atoms. The monoisotopic (exact) mass is 244 g/mol. The van der Waals surface area contributed by atoms with E-state index in [1.54, 1.807) is 0 Å². The number of ether oxygens (including phenoxy) is 1. The number of nitrogens with one attached hydrogen (secondary N) is 1. The molecule has 3 nitrogen and oxygen atoms in total. The van der Waals surface area contributed by atoms with Crippen molar-refractivity contribution in [2.75, 3.05) is 13.2 Å². The first-order valence-electron chi connectivity index (χ1n) is 7.32. The fourth-order valence-corrected chi connectivity index (χ4v) is 2.23. The molecular formula is C14H32N2O. The van der Waals surface area contributed by atoms with Crippen molar-refractivity contribution in [3.05, 3.63) is 0 Å². The Labute approximate surface area is 107 Å². The summed E-state index contributed by atoms with van der Waals surface area (Å²) >= 11 is 0. The van der Waals surface area contributed by atoms with Crippen molar-refractivity contribution in [1.82, 2.24) is 5.43 Å². The molecule has 0 aliphatic carbocycles. The van der Waals surface area contributed by atoms with Crippen LogP contribution in [-0.2, 0) is 4.74 Å². The van der Waals surface area contributed by atoms with Gasteiger partial charge >= 0.3 is 0 Å². The Balaban J connectivity index is 3.74. The molecule has 0 saturated carbocycles. The summed E-state index contributed by atoms with van der Waals surface area (Å²) in [6.07, 6.45) is 8.68. The smallest absolute Gasteiger partial charge is 0.0466 e. The van der Waals surface area contributed by atoms with Gasteiger partial charge in [0.05, 0.1) is 0 Å². The van der Waals surface area contributed by atoms with Crippen molar-refractivity contribution in [2.45, 2.75) is 71.8 Å². The maximum atomic E-state index is 5.63. The molecule has 3 heteroatoms. The summed E-state index contributed by atoms with van der Waals surface area (Å²) in [5.41, 5.74) is 2.96. The lowest BCUT2D eigenvalue weighted by Gasteiger charge is -2.22. The molecule has 0 aromatic carbocycles. The average Bonchev–Trinajstić information content (AvgIpc) is 2.37. The predicted octanol–water partition coefficient (Wildman–Crippen LogP) is 3.24. The third-order valence-corrected chi connectivity index (χ3v) is 3.44. The van der Waals surface area contributed by atoms with Crippen LogP contribution in [0.4, 0.5) is 0 Å². The van der Waals surface area contributed by atoms with Crippen molar-refractivity contribution in [3.8, 4) is 0 Å².